The van der Waals surface area contributed by atoms with Gasteiger partial charge in [0.1, 0.15) is 0 Å². The molecule has 0 aliphatic heterocycles. The fraction of sp³-hybridized carbons (Fsp3) is 1.00. The lowest BCUT2D eigenvalue weighted by atomic mass is 9.84. The summed E-state index contributed by atoms with van der Waals surface area (Å²) in [5, 5.41) is 3.67. The van der Waals surface area contributed by atoms with Gasteiger partial charge in [-0.2, -0.15) is 0 Å². The molecule has 2 heteroatoms. The highest BCUT2D eigenvalue weighted by molar-refractivity contribution is 4.90. The van der Waals surface area contributed by atoms with Gasteiger partial charge in [-0.05, 0) is 51.1 Å². The molecule has 1 saturated carbocycles. The minimum atomic E-state index is 0.367. The Balaban J connectivity index is 2.43. The van der Waals surface area contributed by atoms with Crippen LogP contribution in [0, 0.1) is 5.41 Å². The van der Waals surface area contributed by atoms with E-state index in [0.717, 1.165) is 12.6 Å². The largest absolute Gasteiger partial charge is 0.314 e. The first-order valence-electron chi connectivity index (χ1n) is 7.98. The molecule has 1 N–H and O–H groups in total. The maximum atomic E-state index is 3.67. The molecule has 0 saturated heterocycles. The molecule has 1 aliphatic carbocycles. The number of hydrogen-bond donors (Lipinski definition) is 1. The second-order valence-electron chi connectivity index (χ2n) is 6.72. The van der Waals surface area contributed by atoms with Crippen LogP contribution in [0.15, 0.2) is 0 Å². The molecule has 0 radical (unpaired) electrons. The molecule has 0 aromatic rings. The Morgan fingerprint density at radius 1 is 1.22 bits per heavy atom. The van der Waals surface area contributed by atoms with Gasteiger partial charge in [0.05, 0.1) is 0 Å². The van der Waals surface area contributed by atoms with Gasteiger partial charge in [-0.1, -0.05) is 34.1 Å². The van der Waals surface area contributed by atoms with Crippen molar-refractivity contribution in [1.82, 2.24) is 10.2 Å². The minimum absolute atomic E-state index is 0.367. The van der Waals surface area contributed by atoms with E-state index in [2.05, 4.69) is 44.8 Å². The summed E-state index contributed by atoms with van der Waals surface area (Å²) in [6, 6.07) is 1.49. The average molecular weight is 254 g/mol. The van der Waals surface area contributed by atoms with Crippen LogP contribution in [-0.4, -0.2) is 36.6 Å². The van der Waals surface area contributed by atoms with Crippen LogP contribution in [0.4, 0.5) is 0 Å². The number of nitrogens with one attached hydrogen (secondary N) is 1. The topological polar surface area (TPSA) is 15.3 Å². The van der Waals surface area contributed by atoms with Gasteiger partial charge in [-0.3, -0.25) is 4.90 Å². The number of hydrogen-bond acceptors (Lipinski definition) is 2. The maximum absolute atomic E-state index is 3.67. The second-order valence-corrected chi connectivity index (χ2v) is 6.72. The predicted molar refractivity (Wildman–Crippen MR) is 81.0 cm³/mol. The van der Waals surface area contributed by atoms with Crippen LogP contribution < -0.4 is 5.32 Å². The summed E-state index contributed by atoms with van der Waals surface area (Å²) in [6.45, 7) is 15.4. The molecular formula is C16H34N2. The molecule has 1 fully saturated rings. The Morgan fingerprint density at radius 2 is 1.89 bits per heavy atom. The third-order valence-corrected chi connectivity index (χ3v) is 4.35. The zero-order chi connectivity index (χ0) is 13.6. The highest BCUT2D eigenvalue weighted by Crippen LogP contribution is 2.31. The van der Waals surface area contributed by atoms with Gasteiger partial charge >= 0.3 is 0 Å². The third-order valence-electron chi connectivity index (χ3n) is 4.35. The summed E-state index contributed by atoms with van der Waals surface area (Å²) in [5.41, 5.74) is 0.367. The van der Waals surface area contributed by atoms with Crippen molar-refractivity contribution in [2.45, 2.75) is 78.8 Å². The third kappa shape index (κ3) is 5.27. The molecule has 1 unspecified atom stereocenters. The Bertz CT molecular complexity index is 221. The van der Waals surface area contributed by atoms with E-state index in [4.69, 9.17) is 0 Å². The van der Waals surface area contributed by atoms with Crippen LogP contribution in [0.5, 0.6) is 0 Å². The molecule has 0 heterocycles. The molecule has 1 rings (SSSR count). The van der Waals surface area contributed by atoms with Crippen molar-refractivity contribution >= 4 is 0 Å². The standard InChI is InChI=1S/C16H34N2/c1-6-8-12-18(15-9-10-15)13-16(4,5)14(3)17-11-7-2/h14-15,17H,6-13H2,1-5H3. The predicted octanol–water partition coefficient (Wildman–Crippen LogP) is 3.67. The monoisotopic (exact) mass is 254 g/mol. The summed E-state index contributed by atoms with van der Waals surface area (Å²) < 4.78 is 0. The summed E-state index contributed by atoms with van der Waals surface area (Å²) in [4.78, 5) is 2.74. The van der Waals surface area contributed by atoms with Crippen molar-refractivity contribution in [3.63, 3.8) is 0 Å². The zero-order valence-electron chi connectivity index (χ0n) is 13.3. The highest BCUT2D eigenvalue weighted by Gasteiger charge is 2.34. The van der Waals surface area contributed by atoms with Crippen molar-refractivity contribution in [2.24, 2.45) is 5.41 Å². The smallest absolute Gasteiger partial charge is 0.0102 e. The fourth-order valence-corrected chi connectivity index (χ4v) is 2.49. The van der Waals surface area contributed by atoms with Crippen molar-refractivity contribution < 1.29 is 0 Å². The summed E-state index contributed by atoms with van der Waals surface area (Å²) in [5.74, 6) is 0. The Hall–Kier alpha value is -0.0800. The molecule has 2 nitrogen and oxygen atoms in total. The normalized spacial score (nSPS) is 18.3. The molecule has 0 aromatic carbocycles. The second kappa shape index (κ2) is 7.49. The van der Waals surface area contributed by atoms with Gasteiger partial charge in [-0.15, -0.1) is 0 Å². The van der Waals surface area contributed by atoms with Crippen molar-refractivity contribution in [2.75, 3.05) is 19.6 Å². The van der Waals surface area contributed by atoms with Crippen LogP contribution in [0.25, 0.3) is 0 Å². The molecule has 0 spiro atoms. The van der Waals surface area contributed by atoms with Crippen molar-refractivity contribution in [1.29, 1.82) is 0 Å². The van der Waals surface area contributed by atoms with Crippen LogP contribution in [0.3, 0.4) is 0 Å². The van der Waals surface area contributed by atoms with Gasteiger partial charge in [0, 0.05) is 18.6 Å². The lowest BCUT2D eigenvalue weighted by Crippen LogP contribution is -2.47. The van der Waals surface area contributed by atoms with Gasteiger partial charge < -0.3 is 5.32 Å². The quantitative estimate of drug-likeness (QED) is 0.640. The Labute approximate surface area is 115 Å². The van der Waals surface area contributed by atoms with E-state index in [1.165, 1.54) is 45.2 Å². The van der Waals surface area contributed by atoms with Gasteiger partial charge in [0.25, 0.3) is 0 Å². The molecule has 0 amide bonds. The van der Waals surface area contributed by atoms with Gasteiger partial charge in [0.15, 0.2) is 0 Å². The van der Waals surface area contributed by atoms with E-state index in [-0.39, 0.29) is 0 Å². The molecule has 1 atom stereocenters. The van der Waals surface area contributed by atoms with E-state index < -0.39 is 0 Å². The molecule has 18 heavy (non-hydrogen) atoms. The van der Waals surface area contributed by atoms with Crippen molar-refractivity contribution in [3.05, 3.63) is 0 Å². The highest BCUT2D eigenvalue weighted by atomic mass is 15.2. The SMILES string of the molecule is CCCCN(CC(C)(C)C(C)NCCC)C1CC1. The summed E-state index contributed by atoms with van der Waals surface area (Å²) in [6.07, 6.45) is 6.74. The van der Waals surface area contributed by atoms with Gasteiger partial charge in [-0.25, -0.2) is 0 Å². The molecule has 1 aliphatic rings. The number of unbranched alkanes of at least 4 members (excludes halogenated alkanes) is 1. The molecule has 0 aromatic heterocycles. The first-order chi connectivity index (χ1) is 8.51. The molecule has 0 bridgehead atoms. The van der Waals surface area contributed by atoms with E-state index >= 15 is 0 Å². The van der Waals surface area contributed by atoms with Crippen LogP contribution >= 0.6 is 0 Å². The average Bonchev–Trinajstić information content (AvgIpc) is 3.15. The first kappa shape index (κ1) is 16.0. The summed E-state index contributed by atoms with van der Waals surface area (Å²) >= 11 is 0. The molecule has 108 valence electrons. The van der Waals surface area contributed by atoms with E-state index in [0.29, 0.717) is 11.5 Å². The van der Waals surface area contributed by atoms with Crippen molar-refractivity contribution in [3.8, 4) is 0 Å². The first-order valence-corrected chi connectivity index (χ1v) is 7.98. The lowest BCUT2D eigenvalue weighted by Gasteiger charge is -2.38. The van der Waals surface area contributed by atoms with Crippen LogP contribution in [-0.2, 0) is 0 Å². The summed E-state index contributed by atoms with van der Waals surface area (Å²) in [7, 11) is 0. The van der Waals surface area contributed by atoms with Crippen LogP contribution in [0.1, 0.15) is 66.7 Å². The van der Waals surface area contributed by atoms with Crippen LogP contribution in [0.2, 0.25) is 0 Å². The fourth-order valence-electron chi connectivity index (χ4n) is 2.49. The van der Waals surface area contributed by atoms with E-state index in [1.54, 1.807) is 0 Å². The maximum Gasteiger partial charge on any atom is 0.0102 e. The lowest BCUT2D eigenvalue weighted by molar-refractivity contribution is 0.135. The Morgan fingerprint density at radius 3 is 2.39 bits per heavy atom. The number of nitrogens with zero attached hydrogens (tertiary/aromatic N) is 1. The minimum Gasteiger partial charge on any atom is -0.314 e. The van der Waals surface area contributed by atoms with E-state index in [1.807, 2.05) is 0 Å². The Kier molecular flexibility index (Phi) is 6.65. The van der Waals surface area contributed by atoms with E-state index in [9.17, 15) is 0 Å². The number of rotatable bonds is 10. The van der Waals surface area contributed by atoms with Gasteiger partial charge in [0.2, 0.25) is 0 Å². The molecular weight excluding hydrogens is 220 g/mol. The zero-order valence-corrected chi connectivity index (χ0v) is 13.3.